The first-order valence-electron chi connectivity index (χ1n) is 4.56. The SMILES string of the molecule is CCC1C2=C(C2)C2C(C)C12. The lowest BCUT2D eigenvalue weighted by molar-refractivity contribution is 0.501. The molecule has 0 aromatic rings. The number of fused-ring (bicyclic) bond motifs is 2. The van der Waals surface area contributed by atoms with E-state index in [9.17, 15) is 0 Å². The van der Waals surface area contributed by atoms with Crippen molar-refractivity contribution in [1.82, 2.24) is 0 Å². The van der Waals surface area contributed by atoms with Gasteiger partial charge in [0.2, 0.25) is 0 Å². The van der Waals surface area contributed by atoms with Gasteiger partial charge in [-0.1, -0.05) is 25.0 Å². The summed E-state index contributed by atoms with van der Waals surface area (Å²) in [5, 5.41) is 0. The third-order valence-electron chi connectivity index (χ3n) is 3.87. The van der Waals surface area contributed by atoms with Crippen LogP contribution in [0.5, 0.6) is 0 Å². The Morgan fingerprint density at radius 1 is 1.40 bits per heavy atom. The van der Waals surface area contributed by atoms with Crippen molar-refractivity contribution in [3.63, 3.8) is 0 Å². The van der Waals surface area contributed by atoms with Gasteiger partial charge in [0, 0.05) is 0 Å². The smallest absolute Gasteiger partial charge is 0.00968 e. The van der Waals surface area contributed by atoms with Crippen molar-refractivity contribution in [1.29, 1.82) is 0 Å². The number of hydrogen-bond donors (Lipinski definition) is 0. The van der Waals surface area contributed by atoms with Crippen molar-refractivity contribution in [3.8, 4) is 0 Å². The highest BCUT2D eigenvalue weighted by molar-refractivity contribution is 5.50. The summed E-state index contributed by atoms with van der Waals surface area (Å²) in [5.74, 6) is 4.30. The zero-order valence-corrected chi connectivity index (χ0v) is 6.72. The molecule has 0 bridgehead atoms. The number of hydrogen-bond acceptors (Lipinski definition) is 0. The fourth-order valence-electron chi connectivity index (χ4n) is 3.27. The summed E-state index contributed by atoms with van der Waals surface area (Å²) in [6.45, 7) is 4.78. The third kappa shape index (κ3) is 0.398. The van der Waals surface area contributed by atoms with Crippen LogP contribution in [0.15, 0.2) is 11.1 Å². The molecular formula is C10H14. The minimum atomic E-state index is 1.04. The first-order chi connectivity index (χ1) is 4.84. The van der Waals surface area contributed by atoms with Crippen LogP contribution in [0.2, 0.25) is 0 Å². The van der Waals surface area contributed by atoms with E-state index in [1.54, 1.807) is 0 Å². The summed E-state index contributed by atoms with van der Waals surface area (Å²) in [5.41, 5.74) is 3.75. The maximum Gasteiger partial charge on any atom is -0.00968 e. The summed E-state index contributed by atoms with van der Waals surface area (Å²) in [6, 6.07) is 0. The minimum absolute atomic E-state index is 1.04. The molecule has 0 spiro atoms. The van der Waals surface area contributed by atoms with Crippen LogP contribution < -0.4 is 0 Å². The molecular weight excluding hydrogens is 120 g/mol. The molecule has 4 atom stereocenters. The van der Waals surface area contributed by atoms with E-state index in [0.717, 1.165) is 23.7 Å². The van der Waals surface area contributed by atoms with Gasteiger partial charge >= 0.3 is 0 Å². The van der Waals surface area contributed by atoms with Crippen molar-refractivity contribution in [2.45, 2.75) is 26.7 Å². The second-order valence-corrected chi connectivity index (χ2v) is 4.20. The van der Waals surface area contributed by atoms with Gasteiger partial charge < -0.3 is 0 Å². The normalized spacial score (nSPS) is 54.6. The van der Waals surface area contributed by atoms with E-state index in [1.165, 1.54) is 12.8 Å². The molecule has 1 saturated carbocycles. The molecule has 3 aliphatic rings. The molecule has 0 amide bonds. The third-order valence-corrected chi connectivity index (χ3v) is 3.87. The summed E-state index contributed by atoms with van der Waals surface area (Å²) >= 11 is 0. The van der Waals surface area contributed by atoms with Crippen molar-refractivity contribution in [2.75, 3.05) is 0 Å². The van der Waals surface area contributed by atoms with Crippen LogP contribution in [-0.2, 0) is 0 Å². The van der Waals surface area contributed by atoms with Crippen LogP contribution in [0.1, 0.15) is 26.7 Å². The standard InChI is InChI=1S/C10H14/c1-3-6-7-4-8(7)10-5(2)9(6)10/h5-6,9-10H,3-4H2,1-2H3. The molecule has 4 unspecified atom stereocenters. The molecule has 1 fully saturated rings. The molecule has 0 heterocycles. The largest absolute Gasteiger partial charge is 0.0648 e. The van der Waals surface area contributed by atoms with Crippen LogP contribution >= 0.6 is 0 Å². The van der Waals surface area contributed by atoms with E-state index < -0.39 is 0 Å². The maximum absolute atomic E-state index is 2.43. The summed E-state index contributed by atoms with van der Waals surface area (Å²) in [4.78, 5) is 0. The van der Waals surface area contributed by atoms with Crippen LogP contribution in [0.4, 0.5) is 0 Å². The highest BCUT2D eigenvalue weighted by Crippen LogP contribution is 2.71. The zero-order valence-electron chi connectivity index (χ0n) is 6.72. The van der Waals surface area contributed by atoms with Gasteiger partial charge in [0.1, 0.15) is 0 Å². The Morgan fingerprint density at radius 2 is 2.20 bits per heavy atom. The predicted molar refractivity (Wildman–Crippen MR) is 41.6 cm³/mol. The topological polar surface area (TPSA) is 0 Å². The molecule has 0 N–H and O–H groups in total. The Balaban J connectivity index is 1.94. The summed E-state index contributed by atoms with van der Waals surface area (Å²) < 4.78 is 0. The molecule has 3 aliphatic carbocycles. The van der Waals surface area contributed by atoms with Gasteiger partial charge in [-0.2, -0.15) is 0 Å². The lowest BCUT2D eigenvalue weighted by atomic mass is 9.96. The Bertz CT molecular complexity index is 220. The van der Waals surface area contributed by atoms with E-state index in [-0.39, 0.29) is 0 Å². The van der Waals surface area contributed by atoms with Crippen molar-refractivity contribution in [2.24, 2.45) is 23.7 Å². The monoisotopic (exact) mass is 134 g/mol. The molecule has 0 aliphatic heterocycles. The van der Waals surface area contributed by atoms with Gasteiger partial charge in [0.15, 0.2) is 0 Å². The molecule has 0 aromatic heterocycles. The summed E-state index contributed by atoms with van der Waals surface area (Å²) in [7, 11) is 0. The lowest BCUT2D eigenvalue weighted by Gasteiger charge is -2.08. The molecule has 54 valence electrons. The fraction of sp³-hybridized carbons (Fsp3) is 0.800. The average Bonchev–Trinajstić information content (AvgIpc) is 2.76. The highest BCUT2D eigenvalue weighted by atomic mass is 14.7. The van der Waals surface area contributed by atoms with Gasteiger partial charge in [-0.25, -0.2) is 0 Å². The van der Waals surface area contributed by atoms with Gasteiger partial charge in [-0.15, -0.1) is 0 Å². The molecule has 0 heteroatoms. The average molecular weight is 134 g/mol. The predicted octanol–water partition coefficient (Wildman–Crippen LogP) is 2.61. The lowest BCUT2D eigenvalue weighted by Crippen LogP contribution is -1.99. The molecule has 0 saturated heterocycles. The number of allylic oxidation sites excluding steroid dienone is 2. The first kappa shape index (κ1) is 5.40. The number of rotatable bonds is 1. The van der Waals surface area contributed by atoms with Gasteiger partial charge in [0.05, 0.1) is 0 Å². The zero-order chi connectivity index (χ0) is 6.88. The second kappa shape index (κ2) is 1.34. The van der Waals surface area contributed by atoms with E-state index in [0.29, 0.717) is 0 Å². The van der Waals surface area contributed by atoms with Crippen molar-refractivity contribution >= 4 is 0 Å². The van der Waals surface area contributed by atoms with Gasteiger partial charge in [-0.3, -0.25) is 0 Å². The maximum atomic E-state index is 2.43. The Hall–Kier alpha value is -0.260. The minimum Gasteiger partial charge on any atom is -0.0648 e. The van der Waals surface area contributed by atoms with Crippen LogP contribution in [0, 0.1) is 23.7 Å². The molecule has 3 rings (SSSR count). The van der Waals surface area contributed by atoms with Crippen LogP contribution in [-0.4, -0.2) is 0 Å². The molecule has 0 radical (unpaired) electrons. The van der Waals surface area contributed by atoms with Gasteiger partial charge in [0.25, 0.3) is 0 Å². The van der Waals surface area contributed by atoms with Crippen molar-refractivity contribution in [3.05, 3.63) is 11.1 Å². The van der Waals surface area contributed by atoms with Crippen LogP contribution in [0.25, 0.3) is 0 Å². The molecule has 10 heavy (non-hydrogen) atoms. The highest BCUT2D eigenvalue weighted by Gasteiger charge is 2.63. The van der Waals surface area contributed by atoms with E-state index in [1.807, 2.05) is 11.1 Å². The van der Waals surface area contributed by atoms with E-state index in [4.69, 9.17) is 0 Å². The van der Waals surface area contributed by atoms with Crippen molar-refractivity contribution < 1.29 is 0 Å². The first-order valence-corrected chi connectivity index (χ1v) is 4.56. The Kier molecular flexibility index (Phi) is 0.725. The van der Waals surface area contributed by atoms with E-state index >= 15 is 0 Å². The summed E-state index contributed by atoms with van der Waals surface area (Å²) in [6.07, 6.45) is 2.84. The van der Waals surface area contributed by atoms with Crippen LogP contribution in [0.3, 0.4) is 0 Å². The second-order valence-electron chi connectivity index (χ2n) is 4.20. The Morgan fingerprint density at radius 3 is 2.70 bits per heavy atom. The molecule has 0 aromatic carbocycles. The fourth-order valence-corrected chi connectivity index (χ4v) is 3.27. The quantitative estimate of drug-likeness (QED) is 0.483. The Labute approximate surface area is 62.3 Å². The molecule has 0 nitrogen and oxygen atoms in total. The van der Waals surface area contributed by atoms with E-state index in [2.05, 4.69) is 13.8 Å². The van der Waals surface area contributed by atoms with Gasteiger partial charge in [-0.05, 0) is 36.5 Å².